The SMILES string of the molecule is CNCC1CCCN(C(=O)C(c2ccccc2)N(C)C)C1. The van der Waals surface area contributed by atoms with Gasteiger partial charge in [0.25, 0.3) is 0 Å². The molecule has 0 aliphatic carbocycles. The van der Waals surface area contributed by atoms with E-state index in [9.17, 15) is 4.79 Å². The van der Waals surface area contributed by atoms with Crippen LogP contribution in [0.4, 0.5) is 0 Å². The lowest BCUT2D eigenvalue weighted by Crippen LogP contribution is -2.46. The number of carbonyl (C=O) groups is 1. The van der Waals surface area contributed by atoms with Gasteiger partial charge in [-0.05, 0) is 52.0 Å². The van der Waals surface area contributed by atoms with Crippen LogP contribution < -0.4 is 5.32 Å². The minimum absolute atomic E-state index is 0.181. The average Bonchev–Trinajstić information content (AvgIpc) is 2.49. The predicted molar refractivity (Wildman–Crippen MR) is 86.1 cm³/mol. The van der Waals surface area contributed by atoms with E-state index in [-0.39, 0.29) is 11.9 Å². The van der Waals surface area contributed by atoms with Gasteiger partial charge in [0, 0.05) is 13.1 Å². The number of hydrogen-bond acceptors (Lipinski definition) is 3. The summed E-state index contributed by atoms with van der Waals surface area (Å²) >= 11 is 0. The number of amides is 1. The molecule has 1 aliphatic rings. The Bertz CT molecular complexity index is 445. The maximum atomic E-state index is 13.0. The Morgan fingerprint density at radius 1 is 1.38 bits per heavy atom. The van der Waals surface area contributed by atoms with Crippen molar-refractivity contribution in [2.45, 2.75) is 18.9 Å². The summed E-state index contributed by atoms with van der Waals surface area (Å²) in [6.45, 7) is 2.74. The van der Waals surface area contributed by atoms with Gasteiger partial charge in [0.05, 0.1) is 0 Å². The van der Waals surface area contributed by atoms with Crippen LogP contribution >= 0.6 is 0 Å². The molecule has 0 spiro atoms. The number of likely N-dealkylation sites (N-methyl/N-ethyl adjacent to an activating group) is 1. The normalized spacial score (nSPS) is 20.6. The number of rotatable bonds is 5. The molecule has 2 unspecified atom stereocenters. The second kappa shape index (κ2) is 7.57. The minimum Gasteiger partial charge on any atom is -0.341 e. The summed E-state index contributed by atoms with van der Waals surface area (Å²) in [6.07, 6.45) is 2.32. The first-order valence-electron chi connectivity index (χ1n) is 7.78. The van der Waals surface area contributed by atoms with Crippen LogP contribution in [0.25, 0.3) is 0 Å². The van der Waals surface area contributed by atoms with Crippen LogP contribution in [-0.4, -0.2) is 56.5 Å². The number of nitrogens with zero attached hydrogens (tertiary/aromatic N) is 2. The Hall–Kier alpha value is -1.39. The summed E-state index contributed by atoms with van der Waals surface area (Å²) in [7, 11) is 5.93. The molecule has 1 saturated heterocycles. The molecule has 1 amide bonds. The Balaban J connectivity index is 2.11. The maximum absolute atomic E-state index is 13.0. The van der Waals surface area contributed by atoms with Crippen molar-refractivity contribution in [2.75, 3.05) is 40.8 Å². The molecule has 116 valence electrons. The highest BCUT2D eigenvalue weighted by Crippen LogP contribution is 2.24. The third-order valence-corrected chi connectivity index (χ3v) is 4.19. The lowest BCUT2D eigenvalue weighted by molar-refractivity contribution is -0.138. The van der Waals surface area contributed by atoms with E-state index in [1.54, 1.807) is 0 Å². The van der Waals surface area contributed by atoms with Crippen LogP contribution in [0.2, 0.25) is 0 Å². The van der Waals surface area contributed by atoms with Crippen LogP contribution in [0.5, 0.6) is 0 Å². The Morgan fingerprint density at radius 2 is 2.10 bits per heavy atom. The van der Waals surface area contributed by atoms with Gasteiger partial charge < -0.3 is 10.2 Å². The number of hydrogen-bond donors (Lipinski definition) is 1. The summed E-state index contributed by atoms with van der Waals surface area (Å²) in [5.41, 5.74) is 1.07. The third kappa shape index (κ3) is 4.05. The highest BCUT2D eigenvalue weighted by molar-refractivity contribution is 5.83. The Labute approximate surface area is 128 Å². The van der Waals surface area contributed by atoms with Gasteiger partial charge in [-0.2, -0.15) is 0 Å². The molecule has 0 saturated carbocycles. The molecule has 1 N–H and O–H groups in total. The van der Waals surface area contributed by atoms with Crippen molar-refractivity contribution < 1.29 is 4.79 Å². The zero-order chi connectivity index (χ0) is 15.2. The first kappa shape index (κ1) is 16.0. The van der Waals surface area contributed by atoms with E-state index in [0.717, 1.165) is 31.6 Å². The van der Waals surface area contributed by atoms with Crippen LogP contribution in [0.1, 0.15) is 24.4 Å². The first-order valence-corrected chi connectivity index (χ1v) is 7.78. The predicted octanol–water partition coefficient (Wildman–Crippen LogP) is 1.75. The van der Waals surface area contributed by atoms with Gasteiger partial charge in [0.2, 0.25) is 5.91 Å². The van der Waals surface area contributed by atoms with Crippen molar-refractivity contribution in [1.29, 1.82) is 0 Å². The number of carbonyl (C=O) groups excluding carboxylic acids is 1. The average molecular weight is 289 g/mol. The standard InChI is InChI=1S/C17H27N3O/c1-18-12-14-8-7-11-20(13-14)17(21)16(19(2)3)15-9-5-4-6-10-15/h4-6,9-10,14,16,18H,7-8,11-13H2,1-3H3. The van der Waals surface area contributed by atoms with Gasteiger partial charge in [-0.1, -0.05) is 30.3 Å². The molecule has 4 heteroatoms. The molecule has 2 atom stereocenters. The third-order valence-electron chi connectivity index (χ3n) is 4.19. The number of piperidine rings is 1. The van der Waals surface area contributed by atoms with E-state index >= 15 is 0 Å². The summed E-state index contributed by atoms with van der Waals surface area (Å²) in [6, 6.07) is 9.89. The van der Waals surface area contributed by atoms with Crippen LogP contribution in [0, 0.1) is 5.92 Å². The highest BCUT2D eigenvalue weighted by atomic mass is 16.2. The van der Waals surface area contributed by atoms with Crippen molar-refractivity contribution in [2.24, 2.45) is 5.92 Å². The van der Waals surface area contributed by atoms with E-state index < -0.39 is 0 Å². The number of benzene rings is 1. The van der Waals surface area contributed by atoms with Crippen molar-refractivity contribution in [1.82, 2.24) is 15.1 Å². The van der Waals surface area contributed by atoms with Gasteiger partial charge in [0.15, 0.2) is 0 Å². The minimum atomic E-state index is -0.181. The molecule has 1 fully saturated rings. The van der Waals surface area contributed by atoms with E-state index in [2.05, 4.69) is 5.32 Å². The lowest BCUT2D eigenvalue weighted by Gasteiger charge is -2.36. The van der Waals surface area contributed by atoms with Gasteiger partial charge in [-0.25, -0.2) is 0 Å². The molecule has 1 aliphatic heterocycles. The Kier molecular flexibility index (Phi) is 5.76. The molecule has 1 heterocycles. The molecule has 0 radical (unpaired) electrons. The largest absolute Gasteiger partial charge is 0.341 e. The molecule has 1 aromatic carbocycles. The fraction of sp³-hybridized carbons (Fsp3) is 0.588. The summed E-state index contributed by atoms with van der Waals surface area (Å²) in [4.78, 5) is 17.0. The van der Waals surface area contributed by atoms with Crippen molar-refractivity contribution in [3.8, 4) is 0 Å². The summed E-state index contributed by atoms with van der Waals surface area (Å²) in [5.74, 6) is 0.804. The van der Waals surface area contributed by atoms with Crippen molar-refractivity contribution in [3.05, 3.63) is 35.9 Å². The van der Waals surface area contributed by atoms with E-state index in [1.165, 1.54) is 6.42 Å². The van der Waals surface area contributed by atoms with Gasteiger partial charge >= 0.3 is 0 Å². The van der Waals surface area contributed by atoms with Crippen molar-refractivity contribution >= 4 is 5.91 Å². The number of nitrogens with one attached hydrogen (secondary N) is 1. The van der Waals surface area contributed by atoms with E-state index in [0.29, 0.717) is 5.92 Å². The highest BCUT2D eigenvalue weighted by Gasteiger charge is 2.30. The molecule has 4 nitrogen and oxygen atoms in total. The molecule has 21 heavy (non-hydrogen) atoms. The van der Waals surface area contributed by atoms with Crippen LogP contribution in [0.3, 0.4) is 0 Å². The van der Waals surface area contributed by atoms with Crippen LogP contribution in [-0.2, 0) is 4.79 Å². The summed E-state index contributed by atoms with van der Waals surface area (Å²) < 4.78 is 0. The van der Waals surface area contributed by atoms with E-state index in [4.69, 9.17) is 0 Å². The van der Waals surface area contributed by atoms with Gasteiger partial charge in [-0.3, -0.25) is 9.69 Å². The fourth-order valence-electron chi connectivity index (χ4n) is 3.19. The molecule has 2 rings (SSSR count). The van der Waals surface area contributed by atoms with Gasteiger partial charge in [0.1, 0.15) is 6.04 Å². The number of likely N-dealkylation sites (tertiary alicyclic amines) is 1. The molecular weight excluding hydrogens is 262 g/mol. The second-order valence-corrected chi connectivity index (χ2v) is 6.13. The molecular formula is C17H27N3O. The zero-order valence-corrected chi connectivity index (χ0v) is 13.4. The topological polar surface area (TPSA) is 35.6 Å². The fourth-order valence-corrected chi connectivity index (χ4v) is 3.19. The quantitative estimate of drug-likeness (QED) is 0.897. The van der Waals surface area contributed by atoms with Crippen LogP contribution in [0.15, 0.2) is 30.3 Å². The maximum Gasteiger partial charge on any atom is 0.244 e. The van der Waals surface area contributed by atoms with E-state index in [1.807, 2.05) is 61.3 Å². The summed E-state index contributed by atoms with van der Waals surface area (Å²) in [5, 5.41) is 3.23. The zero-order valence-electron chi connectivity index (χ0n) is 13.4. The first-order chi connectivity index (χ1) is 10.1. The van der Waals surface area contributed by atoms with Gasteiger partial charge in [-0.15, -0.1) is 0 Å². The molecule has 1 aromatic rings. The second-order valence-electron chi connectivity index (χ2n) is 6.13. The molecule has 0 aromatic heterocycles. The molecule has 0 bridgehead atoms. The van der Waals surface area contributed by atoms with Crippen molar-refractivity contribution in [3.63, 3.8) is 0 Å². The monoisotopic (exact) mass is 289 g/mol. The lowest BCUT2D eigenvalue weighted by atomic mass is 9.96. The smallest absolute Gasteiger partial charge is 0.244 e. The Morgan fingerprint density at radius 3 is 2.71 bits per heavy atom.